The number of nitrogens with zero attached hydrogens (tertiary/aromatic N) is 1. The van der Waals surface area contributed by atoms with E-state index >= 15 is 0 Å². The Morgan fingerprint density at radius 3 is 2.39 bits per heavy atom. The Morgan fingerprint density at radius 2 is 1.74 bits per heavy atom. The number of allylic oxidation sites excluding steroid dienone is 1. The second-order valence-electron chi connectivity index (χ2n) is 4.94. The molecule has 2 aromatic rings. The molecule has 0 aliphatic carbocycles. The molecule has 3 rings (SSSR count). The van der Waals surface area contributed by atoms with E-state index in [1.807, 2.05) is 27.7 Å². The molecule has 0 amide bonds. The summed E-state index contributed by atoms with van der Waals surface area (Å²) in [6, 6.07) is 8.60. The van der Waals surface area contributed by atoms with Gasteiger partial charge in [0.25, 0.3) is 0 Å². The predicted octanol–water partition coefficient (Wildman–Crippen LogP) is 3.85. The summed E-state index contributed by atoms with van der Waals surface area (Å²) < 4.78 is 2.33. The molecule has 0 saturated carbocycles. The summed E-state index contributed by atoms with van der Waals surface area (Å²) in [6.07, 6.45) is 2.16. The number of benzene rings is 1. The number of para-hydroxylation sites is 1. The summed E-state index contributed by atoms with van der Waals surface area (Å²) >= 11 is 0. The van der Waals surface area contributed by atoms with Crippen LogP contribution in [0.1, 0.15) is 39.0 Å². The van der Waals surface area contributed by atoms with Crippen molar-refractivity contribution in [2.24, 2.45) is 5.73 Å². The number of rotatable bonds is 2. The third-order valence-electron chi connectivity index (χ3n) is 3.65. The van der Waals surface area contributed by atoms with Gasteiger partial charge in [0.15, 0.2) is 0 Å². The van der Waals surface area contributed by atoms with Crippen LogP contribution in [0.2, 0.25) is 0 Å². The van der Waals surface area contributed by atoms with Crippen LogP contribution in [0.4, 0.5) is 0 Å². The van der Waals surface area contributed by atoms with Gasteiger partial charge in [-0.15, -0.1) is 0 Å². The van der Waals surface area contributed by atoms with Crippen molar-refractivity contribution in [3.8, 4) is 0 Å². The van der Waals surface area contributed by atoms with Gasteiger partial charge in [0, 0.05) is 73.0 Å². The summed E-state index contributed by atoms with van der Waals surface area (Å²) in [7, 11) is 0. The van der Waals surface area contributed by atoms with E-state index in [4.69, 9.17) is 5.73 Å². The van der Waals surface area contributed by atoms with Crippen molar-refractivity contribution >= 4 is 10.9 Å². The smallest absolute Gasteiger partial charge is 0.0617 e. The van der Waals surface area contributed by atoms with Gasteiger partial charge in [-0.3, -0.25) is 0 Å². The molecular weight excluding hydrogens is 310 g/mol. The van der Waals surface area contributed by atoms with E-state index in [-0.39, 0.29) is 37.7 Å². The molecule has 0 saturated heterocycles. The largest absolute Gasteiger partial charge is 0.401 e. The van der Waals surface area contributed by atoms with Gasteiger partial charge >= 0.3 is 0 Å². The molecule has 3 N–H and O–H groups in total. The number of hydrogen-bond acceptors (Lipinski definition) is 2. The van der Waals surface area contributed by atoms with Gasteiger partial charge in [-0.05, 0) is 24.6 Å². The molecule has 23 heavy (non-hydrogen) atoms. The maximum Gasteiger partial charge on any atom is 0.0617 e. The first-order valence-electron chi connectivity index (χ1n) is 8.50. The quantitative estimate of drug-likeness (QED) is 0.871. The minimum Gasteiger partial charge on any atom is -0.401 e. The van der Waals surface area contributed by atoms with Crippen molar-refractivity contribution in [1.29, 1.82) is 0 Å². The van der Waals surface area contributed by atoms with Gasteiger partial charge in [0.1, 0.15) is 0 Å². The molecule has 0 spiro atoms. The van der Waals surface area contributed by atoms with Gasteiger partial charge < -0.3 is 15.6 Å². The molecule has 0 unspecified atom stereocenters. The zero-order valence-electron chi connectivity index (χ0n) is 14.9. The average Bonchev–Trinajstić information content (AvgIpc) is 2.73. The maximum atomic E-state index is 5.82. The van der Waals surface area contributed by atoms with Crippen LogP contribution in [0, 0.1) is 37.7 Å². The minimum absolute atomic E-state index is 0. The molecule has 1 aliphatic heterocycles. The Hall–Kier alpha value is -0.480. The summed E-state index contributed by atoms with van der Waals surface area (Å²) in [5, 5.41) is 4.83. The Labute approximate surface area is 171 Å². The summed E-state index contributed by atoms with van der Waals surface area (Å²) in [6.45, 7) is 14.7. The van der Waals surface area contributed by atoms with Crippen LogP contribution in [0.15, 0.2) is 36.5 Å². The van der Waals surface area contributed by atoms with Gasteiger partial charge in [0.05, 0.1) is 6.54 Å². The van der Waals surface area contributed by atoms with E-state index in [9.17, 15) is 0 Å². The zero-order chi connectivity index (χ0) is 16.5. The van der Waals surface area contributed by atoms with Crippen molar-refractivity contribution in [3.63, 3.8) is 0 Å². The summed E-state index contributed by atoms with van der Waals surface area (Å²) in [5.74, 6) is 0. The van der Waals surface area contributed by atoms with E-state index in [1.54, 1.807) is 0 Å². The first-order chi connectivity index (χ1) is 10.8. The third-order valence-corrected chi connectivity index (χ3v) is 3.65. The van der Waals surface area contributed by atoms with Crippen molar-refractivity contribution < 1.29 is 37.7 Å². The molecule has 0 fully saturated rings. The Morgan fingerprint density at radius 1 is 1.13 bits per heavy atom. The second-order valence-corrected chi connectivity index (χ2v) is 4.94. The molecule has 1 aromatic heterocycles. The molecule has 0 atom stereocenters. The second kappa shape index (κ2) is 12.0. The van der Waals surface area contributed by atoms with Crippen LogP contribution in [0.5, 0.6) is 0 Å². The summed E-state index contributed by atoms with van der Waals surface area (Å²) in [4.78, 5) is 0. The van der Waals surface area contributed by atoms with Crippen molar-refractivity contribution in [2.45, 2.75) is 47.1 Å². The van der Waals surface area contributed by atoms with E-state index in [0.717, 1.165) is 38.2 Å². The number of nitrogens with one attached hydrogen (secondary N) is 1. The number of fused-ring (bicyclic) bond motifs is 3. The molecule has 2 heterocycles. The zero-order valence-corrected chi connectivity index (χ0v) is 15.6. The van der Waals surface area contributed by atoms with Crippen LogP contribution in [0.3, 0.4) is 0 Å². The first-order valence-corrected chi connectivity index (χ1v) is 8.50. The molecular formula is C19H31ArN3. The fraction of sp³-hybridized carbons (Fsp3) is 0.474. The van der Waals surface area contributed by atoms with Crippen LogP contribution >= 0.6 is 0 Å². The van der Waals surface area contributed by atoms with Gasteiger partial charge in [0.2, 0.25) is 0 Å². The fourth-order valence-corrected chi connectivity index (χ4v) is 2.92. The molecule has 130 valence electrons. The normalized spacial score (nSPS) is 12.5. The number of hydrogen-bond donors (Lipinski definition) is 2. The van der Waals surface area contributed by atoms with Gasteiger partial charge in [-0.1, -0.05) is 52.5 Å². The van der Waals surface area contributed by atoms with Gasteiger partial charge in [-0.2, -0.15) is 0 Å². The Balaban J connectivity index is 0.000000901. The van der Waals surface area contributed by atoms with Crippen LogP contribution in [-0.2, 0) is 19.4 Å². The molecule has 1 aliphatic rings. The van der Waals surface area contributed by atoms with Crippen molar-refractivity contribution in [1.82, 2.24) is 9.88 Å². The number of nitrogens with two attached hydrogens (primary N) is 1. The van der Waals surface area contributed by atoms with Crippen molar-refractivity contribution in [2.75, 3.05) is 13.1 Å². The monoisotopic (exact) mass is 341 g/mol. The maximum absolute atomic E-state index is 5.82. The molecule has 0 radical (unpaired) electrons. The van der Waals surface area contributed by atoms with E-state index < -0.39 is 0 Å². The standard InChI is InChI=1S/C15H19N3.2C2H6.Ar/c1-11(16)10-18-14-5-3-2-4-12(14)13-6-8-17-9-7-15(13)18;2*1-2;/h2-5,17H,1,6-10,16H2;2*1-2H3;. The molecule has 1 aromatic carbocycles. The van der Waals surface area contributed by atoms with Crippen LogP contribution < -0.4 is 11.1 Å². The number of aromatic nitrogens is 1. The first kappa shape index (κ1) is 22.5. The van der Waals surface area contributed by atoms with Crippen molar-refractivity contribution in [3.05, 3.63) is 47.8 Å². The van der Waals surface area contributed by atoms with E-state index in [0.29, 0.717) is 0 Å². The van der Waals surface area contributed by atoms with Gasteiger partial charge in [-0.25, -0.2) is 0 Å². The van der Waals surface area contributed by atoms with E-state index in [2.05, 4.69) is 40.7 Å². The molecule has 4 heteroatoms. The van der Waals surface area contributed by atoms with E-state index in [1.165, 1.54) is 22.2 Å². The average molecular weight is 341 g/mol. The topological polar surface area (TPSA) is 43.0 Å². The predicted molar refractivity (Wildman–Crippen MR) is 98.2 cm³/mol. The molecule has 0 bridgehead atoms. The fourth-order valence-electron chi connectivity index (χ4n) is 2.92. The van der Waals surface area contributed by atoms with Crippen LogP contribution in [-0.4, -0.2) is 17.7 Å². The Bertz CT molecular complexity index is 602. The minimum atomic E-state index is 0. The Kier molecular flexibility index (Phi) is 11.7. The SMILES string of the molecule is C=C(N)Cn1c2c(c3ccccc31)CCNCC2.CC.CC.[Ar]. The summed E-state index contributed by atoms with van der Waals surface area (Å²) in [5.41, 5.74) is 10.7. The third kappa shape index (κ3) is 5.53. The molecule has 3 nitrogen and oxygen atoms in total. The van der Waals surface area contributed by atoms with Crippen LogP contribution in [0.25, 0.3) is 10.9 Å².